The van der Waals surface area contributed by atoms with E-state index >= 15 is 0 Å². The van der Waals surface area contributed by atoms with Gasteiger partial charge in [-0.1, -0.05) is 47.2 Å². The first kappa shape index (κ1) is 20.5. The van der Waals surface area contributed by atoms with Crippen molar-refractivity contribution in [2.75, 3.05) is 5.32 Å². The fraction of sp³-hybridized carbons (Fsp3) is 0.211. The third-order valence-electron chi connectivity index (χ3n) is 3.87. The molecule has 1 N–H and O–H groups in total. The van der Waals surface area contributed by atoms with Crippen LogP contribution in [0.2, 0.25) is 0 Å². The number of aryl methyl sites for hydroxylation is 1. The summed E-state index contributed by atoms with van der Waals surface area (Å²) in [5.74, 6) is 0. The second-order valence-electron chi connectivity index (χ2n) is 6.55. The first-order valence-electron chi connectivity index (χ1n) is 8.51. The fourth-order valence-corrected chi connectivity index (χ4v) is 6.91. The zero-order valence-electron chi connectivity index (χ0n) is 15.6. The van der Waals surface area contributed by atoms with E-state index in [1.54, 1.807) is 30.3 Å². The molecule has 6 nitrogen and oxygen atoms in total. The second kappa shape index (κ2) is 7.65. The highest BCUT2D eigenvalue weighted by atomic mass is 32.2. The van der Waals surface area contributed by atoms with E-state index in [0.29, 0.717) is 0 Å². The number of rotatable bonds is 6. The Bertz CT molecular complexity index is 1180. The van der Waals surface area contributed by atoms with E-state index in [2.05, 4.69) is 10.3 Å². The monoisotopic (exact) mass is 436 g/mol. The van der Waals surface area contributed by atoms with Crippen molar-refractivity contribution in [1.29, 1.82) is 0 Å². The Morgan fingerprint density at radius 3 is 2.00 bits per heavy atom. The first-order chi connectivity index (χ1) is 13.1. The van der Waals surface area contributed by atoms with Gasteiger partial charge in [0.05, 0.1) is 9.79 Å². The Hall–Kier alpha value is -2.23. The minimum absolute atomic E-state index is 0.0684. The van der Waals surface area contributed by atoms with Crippen LogP contribution >= 0.6 is 11.3 Å². The largest absolute Gasteiger partial charge is 0.372 e. The average molecular weight is 437 g/mol. The molecule has 9 heteroatoms. The number of aromatic nitrogens is 1. The zero-order chi connectivity index (χ0) is 20.5. The molecule has 1 heterocycles. The Balaban J connectivity index is 2.17. The van der Waals surface area contributed by atoms with E-state index in [9.17, 15) is 16.8 Å². The molecule has 3 aromatic rings. The van der Waals surface area contributed by atoms with Crippen molar-refractivity contribution in [2.24, 2.45) is 0 Å². The Morgan fingerprint density at radius 1 is 0.857 bits per heavy atom. The van der Waals surface area contributed by atoms with Crippen LogP contribution in [0.3, 0.4) is 0 Å². The minimum atomic E-state index is -3.98. The van der Waals surface area contributed by atoms with Crippen molar-refractivity contribution in [1.82, 2.24) is 4.98 Å². The number of anilines is 1. The van der Waals surface area contributed by atoms with Crippen LogP contribution in [0, 0.1) is 6.92 Å². The van der Waals surface area contributed by atoms with Gasteiger partial charge in [-0.3, -0.25) is 0 Å². The summed E-state index contributed by atoms with van der Waals surface area (Å²) in [5, 5.41) is 2.96. The van der Waals surface area contributed by atoms with E-state index in [0.717, 1.165) is 16.9 Å². The Morgan fingerprint density at radius 2 is 1.43 bits per heavy atom. The van der Waals surface area contributed by atoms with Crippen molar-refractivity contribution in [3.63, 3.8) is 0 Å². The highest BCUT2D eigenvalue weighted by molar-refractivity contribution is 7.94. The van der Waals surface area contributed by atoms with Crippen LogP contribution in [-0.2, 0) is 19.7 Å². The molecule has 0 saturated carbocycles. The topological polar surface area (TPSA) is 93.2 Å². The van der Waals surface area contributed by atoms with Gasteiger partial charge in [0.15, 0.2) is 5.03 Å². The fourth-order valence-electron chi connectivity index (χ4n) is 2.47. The van der Waals surface area contributed by atoms with E-state index in [-0.39, 0.29) is 30.2 Å². The number of sulfone groups is 2. The van der Waals surface area contributed by atoms with E-state index in [1.807, 2.05) is 20.8 Å². The van der Waals surface area contributed by atoms with Gasteiger partial charge in [0.1, 0.15) is 5.00 Å². The number of hydrogen-bond donors (Lipinski definition) is 1. The Kier molecular flexibility index (Phi) is 5.60. The molecule has 0 amide bonds. The molecule has 0 spiro atoms. The van der Waals surface area contributed by atoms with Gasteiger partial charge in [0.2, 0.25) is 24.0 Å². The molecule has 0 saturated heterocycles. The van der Waals surface area contributed by atoms with Crippen molar-refractivity contribution < 1.29 is 16.8 Å². The quantitative estimate of drug-likeness (QED) is 0.629. The summed E-state index contributed by atoms with van der Waals surface area (Å²) >= 11 is 0.825. The lowest BCUT2D eigenvalue weighted by atomic mass is 10.2. The molecule has 0 fully saturated rings. The second-order valence-corrected chi connectivity index (χ2v) is 11.5. The Labute approximate surface area is 169 Å². The lowest BCUT2D eigenvalue weighted by Gasteiger charge is -2.09. The summed E-state index contributed by atoms with van der Waals surface area (Å²) in [7, 11) is -7.90. The van der Waals surface area contributed by atoms with Gasteiger partial charge >= 0.3 is 0 Å². The summed E-state index contributed by atoms with van der Waals surface area (Å²) in [6.07, 6.45) is 0. The van der Waals surface area contributed by atoms with Gasteiger partial charge in [-0.2, -0.15) is 0 Å². The molecule has 0 atom stereocenters. The molecular formula is C19H20N2O4S3. The van der Waals surface area contributed by atoms with Crippen LogP contribution in [0.15, 0.2) is 73.8 Å². The van der Waals surface area contributed by atoms with E-state index in [4.69, 9.17) is 0 Å². The molecule has 0 aliphatic heterocycles. The van der Waals surface area contributed by atoms with Gasteiger partial charge in [-0.05, 0) is 45.0 Å². The predicted molar refractivity (Wildman–Crippen MR) is 109 cm³/mol. The normalized spacial score (nSPS) is 12.3. The molecule has 0 bridgehead atoms. The summed E-state index contributed by atoms with van der Waals surface area (Å²) in [4.78, 5) is 4.20. The molecule has 0 aliphatic rings. The molecule has 28 heavy (non-hydrogen) atoms. The highest BCUT2D eigenvalue weighted by Crippen LogP contribution is 2.37. The molecule has 3 rings (SSSR count). The summed E-state index contributed by atoms with van der Waals surface area (Å²) in [6.45, 7) is 5.54. The van der Waals surface area contributed by atoms with Gasteiger partial charge in [-0.15, -0.1) is 0 Å². The lowest BCUT2D eigenvalue weighted by molar-refractivity contribution is 0.589. The van der Waals surface area contributed by atoms with Crippen LogP contribution in [0.25, 0.3) is 0 Å². The maximum Gasteiger partial charge on any atom is 0.233 e. The van der Waals surface area contributed by atoms with Crippen molar-refractivity contribution in [3.8, 4) is 0 Å². The zero-order valence-corrected chi connectivity index (χ0v) is 18.0. The average Bonchev–Trinajstić information content (AvgIpc) is 3.07. The molecule has 1 aromatic heterocycles. The first-order valence-corrected chi connectivity index (χ1v) is 12.3. The van der Waals surface area contributed by atoms with Gasteiger partial charge in [-0.25, -0.2) is 21.8 Å². The molecule has 0 aliphatic carbocycles. The third kappa shape index (κ3) is 3.96. The number of benzene rings is 2. The van der Waals surface area contributed by atoms with Gasteiger partial charge < -0.3 is 5.32 Å². The van der Waals surface area contributed by atoms with Crippen molar-refractivity contribution in [2.45, 2.75) is 46.0 Å². The molecule has 0 unspecified atom stereocenters. The summed E-state index contributed by atoms with van der Waals surface area (Å²) in [5.41, 5.74) is 0.921. The molecule has 148 valence electrons. The lowest BCUT2D eigenvalue weighted by Crippen LogP contribution is -2.12. The number of thiazole rings is 1. The third-order valence-corrected chi connectivity index (χ3v) is 8.83. The van der Waals surface area contributed by atoms with Crippen LogP contribution in [0.4, 0.5) is 5.00 Å². The maximum absolute atomic E-state index is 13.1. The van der Waals surface area contributed by atoms with Crippen LogP contribution in [0.1, 0.15) is 19.4 Å². The maximum atomic E-state index is 13.1. The molecule has 0 radical (unpaired) electrons. The molecular weight excluding hydrogens is 416 g/mol. The van der Waals surface area contributed by atoms with E-state index < -0.39 is 19.7 Å². The van der Waals surface area contributed by atoms with Gasteiger partial charge in [0, 0.05) is 6.04 Å². The van der Waals surface area contributed by atoms with Crippen molar-refractivity contribution in [3.05, 3.63) is 60.2 Å². The van der Waals surface area contributed by atoms with Crippen molar-refractivity contribution >= 4 is 36.0 Å². The summed E-state index contributed by atoms with van der Waals surface area (Å²) in [6, 6.07) is 14.1. The van der Waals surface area contributed by atoms with Crippen LogP contribution < -0.4 is 5.32 Å². The SMILES string of the molecule is Cc1ccc(S(=O)(=O)c2nc(S(=O)(=O)c3ccccc3)sc2NC(C)C)cc1. The highest BCUT2D eigenvalue weighted by Gasteiger charge is 2.31. The number of nitrogens with one attached hydrogen (secondary N) is 1. The van der Waals surface area contributed by atoms with E-state index in [1.165, 1.54) is 24.3 Å². The standard InChI is InChI=1S/C19H20N2O4S3/c1-13(2)20-17-18(27(22,23)16-11-9-14(3)10-12-16)21-19(26-17)28(24,25)15-7-5-4-6-8-15/h4-13,20H,1-3H3. The van der Waals surface area contributed by atoms with Crippen LogP contribution in [-0.4, -0.2) is 27.9 Å². The van der Waals surface area contributed by atoms with Gasteiger partial charge in [0.25, 0.3) is 0 Å². The number of hydrogen-bond acceptors (Lipinski definition) is 7. The number of nitrogens with zero attached hydrogens (tertiary/aromatic N) is 1. The summed E-state index contributed by atoms with van der Waals surface area (Å²) < 4.78 is 51.8. The van der Waals surface area contributed by atoms with Crippen LogP contribution in [0.5, 0.6) is 0 Å². The minimum Gasteiger partial charge on any atom is -0.372 e. The molecule has 2 aromatic carbocycles. The predicted octanol–water partition coefficient (Wildman–Crippen LogP) is 3.94. The smallest absolute Gasteiger partial charge is 0.233 e.